The highest BCUT2D eigenvalue weighted by molar-refractivity contribution is 5.97. The van der Waals surface area contributed by atoms with Crippen molar-refractivity contribution in [2.75, 3.05) is 13.2 Å². The molecule has 0 atom stereocenters. The second kappa shape index (κ2) is 5.89. The van der Waals surface area contributed by atoms with Crippen LogP contribution in [0.2, 0.25) is 0 Å². The highest BCUT2D eigenvalue weighted by Gasteiger charge is 2.15. The lowest BCUT2D eigenvalue weighted by atomic mass is 10.1. The Labute approximate surface area is 99.5 Å². The third-order valence-corrected chi connectivity index (χ3v) is 2.06. The van der Waals surface area contributed by atoms with Crippen LogP contribution in [0.5, 0.6) is 5.75 Å². The van der Waals surface area contributed by atoms with Gasteiger partial charge in [0.2, 0.25) is 5.91 Å². The highest BCUT2D eigenvalue weighted by Crippen LogP contribution is 2.21. The van der Waals surface area contributed by atoms with Crippen molar-refractivity contribution in [1.29, 1.82) is 0 Å². The fourth-order valence-electron chi connectivity index (χ4n) is 1.33. The number of esters is 1. The Morgan fingerprint density at radius 3 is 2.47 bits per heavy atom. The summed E-state index contributed by atoms with van der Waals surface area (Å²) in [7, 11) is 0. The van der Waals surface area contributed by atoms with Crippen molar-refractivity contribution in [3.05, 3.63) is 29.3 Å². The average Bonchev–Trinajstić information content (AvgIpc) is 2.29. The maximum atomic E-state index is 11.6. The summed E-state index contributed by atoms with van der Waals surface area (Å²) in [5, 5.41) is 0. The van der Waals surface area contributed by atoms with Crippen LogP contribution in [0.1, 0.15) is 34.6 Å². The average molecular weight is 237 g/mol. The molecular weight excluding hydrogens is 222 g/mol. The molecule has 0 spiro atoms. The smallest absolute Gasteiger partial charge is 0.341 e. The van der Waals surface area contributed by atoms with Crippen LogP contribution in [0, 0.1) is 0 Å². The van der Waals surface area contributed by atoms with Gasteiger partial charge in [0.15, 0.2) is 0 Å². The summed E-state index contributed by atoms with van der Waals surface area (Å²) in [4.78, 5) is 22.6. The molecule has 2 N–H and O–H groups in total. The molecule has 0 saturated carbocycles. The van der Waals surface area contributed by atoms with Crippen molar-refractivity contribution in [2.45, 2.75) is 13.8 Å². The molecule has 0 saturated heterocycles. The van der Waals surface area contributed by atoms with Crippen molar-refractivity contribution in [3.63, 3.8) is 0 Å². The van der Waals surface area contributed by atoms with E-state index >= 15 is 0 Å². The quantitative estimate of drug-likeness (QED) is 0.784. The summed E-state index contributed by atoms with van der Waals surface area (Å²) in [5.74, 6) is -0.740. The van der Waals surface area contributed by atoms with Crippen LogP contribution < -0.4 is 10.5 Å². The van der Waals surface area contributed by atoms with Gasteiger partial charge in [0.05, 0.1) is 13.2 Å². The molecule has 0 radical (unpaired) electrons. The van der Waals surface area contributed by atoms with Crippen LogP contribution in [0.4, 0.5) is 0 Å². The van der Waals surface area contributed by atoms with E-state index < -0.39 is 11.9 Å². The fraction of sp³-hybridized carbons (Fsp3) is 0.333. The van der Waals surface area contributed by atoms with Gasteiger partial charge in [-0.3, -0.25) is 4.79 Å². The predicted octanol–water partition coefficient (Wildman–Crippen LogP) is 1.36. The van der Waals surface area contributed by atoms with Crippen molar-refractivity contribution >= 4 is 11.9 Å². The van der Waals surface area contributed by atoms with E-state index in [9.17, 15) is 9.59 Å². The number of benzene rings is 1. The van der Waals surface area contributed by atoms with Crippen LogP contribution >= 0.6 is 0 Å². The second-order valence-electron chi connectivity index (χ2n) is 3.23. The summed E-state index contributed by atoms with van der Waals surface area (Å²) in [6, 6.07) is 4.39. The molecule has 0 aliphatic heterocycles. The van der Waals surface area contributed by atoms with E-state index in [-0.39, 0.29) is 6.61 Å². The minimum atomic E-state index is -0.568. The first-order valence-corrected chi connectivity index (χ1v) is 5.33. The van der Waals surface area contributed by atoms with E-state index in [1.165, 1.54) is 18.2 Å². The molecule has 1 aromatic carbocycles. The van der Waals surface area contributed by atoms with Gasteiger partial charge >= 0.3 is 5.97 Å². The molecule has 0 aromatic heterocycles. The van der Waals surface area contributed by atoms with Crippen molar-refractivity contribution in [2.24, 2.45) is 5.73 Å². The van der Waals surface area contributed by atoms with Crippen LogP contribution in [0.25, 0.3) is 0 Å². The first-order chi connectivity index (χ1) is 8.10. The van der Waals surface area contributed by atoms with Crippen LogP contribution in [0.15, 0.2) is 18.2 Å². The third-order valence-electron chi connectivity index (χ3n) is 2.06. The molecule has 5 nitrogen and oxygen atoms in total. The number of hydrogen-bond acceptors (Lipinski definition) is 4. The van der Waals surface area contributed by atoms with E-state index in [4.69, 9.17) is 15.2 Å². The molecule has 0 aliphatic rings. The summed E-state index contributed by atoms with van der Waals surface area (Å²) in [6.07, 6.45) is 0. The Morgan fingerprint density at radius 2 is 1.94 bits per heavy atom. The Bertz CT molecular complexity index is 429. The van der Waals surface area contributed by atoms with Gasteiger partial charge in [0.1, 0.15) is 11.3 Å². The van der Waals surface area contributed by atoms with E-state index in [0.29, 0.717) is 23.5 Å². The zero-order valence-corrected chi connectivity index (χ0v) is 9.86. The molecule has 92 valence electrons. The zero-order valence-electron chi connectivity index (χ0n) is 9.86. The lowest BCUT2D eigenvalue weighted by Gasteiger charge is -2.10. The SMILES string of the molecule is CCOC(=O)c1ccc(C(N)=O)cc1OCC. The number of primary amides is 1. The molecule has 0 fully saturated rings. The Balaban J connectivity index is 3.12. The largest absolute Gasteiger partial charge is 0.493 e. The number of ether oxygens (including phenoxy) is 2. The Hall–Kier alpha value is -2.04. The molecular formula is C12H15NO4. The number of carbonyl (C=O) groups excluding carboxylic acids is 2. The number of carbonyl (C=O) groups is 2. The third kappa shape index (κ3) is 3.21. The molecule has 0 heterocycles. The van der Waals surface area contributed by atoms with Gasteiger partial charge in [-0.15, -0.1) is 0 Å². The Morgan fingerprint density at radius 1 is 1.24 bits per heavy atom. The van der Waals surface area contributed by atoms with Gasteiger partial charge in [0.25, 0.3) is 0 Å². The maximum absolute atomic E-state index is 11.6. The normalized spacial score (nSPS) is 9.76. The molecule has 5 heteroatoms. The molecule has 0 unspecified atom stereocenters. The molecule has 0 bridgehead atoms. The van der Waals surface area contributed by atoms with Crippen LogP contribution in [-0.4, -0.2) is 25.1 Å². The van der Waals surface area contributed by atoms with Crippen LogP contribution in [-0.2, 0) is 4.74 Å². The topological polar surface area (TPSA) is 78.6 Å². The predicted molar refractivity (Wildman–Crippen MR) is 62.1 cm³/mol. The molecule has 1 amide bonds. The summed E-state index contributed by atoms with van der Waals surface area (Å²) in [5.41, 5.74) is 5.74. The number of nitrogens with two attached hydrogens (primary N) is 1. The van der Waals surface area contributed by atoms with Crippen molar-refractivity contribution in [3.8, 4) is 5.75 Å². The first kappa shape index (κ1) is 13.0. The van der Waals surface area contributed by atoms with Crippen molar-refractivity contribution < 1.29 is 19.1 Å². The van der Waals surface area contributed by atoms with Gasteiger partial charge in [-0.05, 0) is 32.0 Å². The highest BCUT2D eigenvalue weighted by atomic mass is 16.5. The van der Waals surface area contributed by atoms with Crippen molar-refractivity contribution in [1.82, 2.24) is 0 Å². The van der Waals surface area contributed by atoms with Gasteiger partial charge in [-0.1, -0.05) is 0 Å². The van der Waals surface area contributed by atoms with E-state index in [1.807, 2.05) is 0 Å². The minimum absolute atomic E-state index is 0.280. The van der Waals surface area contributed by atoms with Gasteiger partial charge < -0.3 is 15.2 Å². The first-order valence-electron chi connectivity index (χ1n) is 5.33. The monoisotopic (exact) mass is 237 g/mol. The number of rotatable bonds is 5. The van der Waals surface area contributed by atoms with E-state index in [2.05, 4.69) is 0 Å². The van der Waals surface area contributed by atoms with Gasteiger partial charge in [0, 0.05) is 5.56 Å². The zero-order chi connectivity index (χ0) is 12.8. The van der Waals surface area contributed by atoms with Crippen LogP contribution in [0.3, 0.4) is 0 Å². The lowest BCUT2D eigenvalue weighted by Crippen LogP contribution is -2.13. The number of hydrogen-bond donors (Lipinski definition) is 1. The second-order valence-corrected chi connectivity index (χ2v) is 3.23. The Kier molecular flexibility index (Phi) is 4.51. The van der Waals surface area contributed by atoms with Gasteiger partial charge in [-0.2, -0.15) is 0 Å². The standard InChI is InChI=1S/C12H15NO4/c1-3-16-10-7-8(11(13)14)5-6-9(10)12(15)17-4-2/h5-7H,3-4H2,1-2H3,(H2,13,14). The van der Waals surface area contributed by atoms with E-state index in [0.717, 1.165) is 0 Å². The summed E-state index contributed by atoms with van der Waals surface area (Å²) >= 11 is 0. The van der Waals surface area contributed by atoms with Gasteiger partial charge in [-0.25, -0.2) is 4.79 Å². The molecule has 17 heavy (non-hydrogen) atoms. The maximum Gasteiger partial charge on any atom is 0.341 e. The fourth-order valence-corrected chi connectivity index (χ4v) is 1.33. The molecule has 1 rings (SSSR count). The summed E-state index contributed by atoms with van der Waals surface area (Å²) in [6.45, 7) is 4.17. The van der Waals surface area contributed by atoms with E-state index in [1.54, 1.807) is 13.8 Å². The minimum Gasteiger partial charge on any atom is -0.493 e. The molecule has 0 aliphatic carbocycles. The number of amides is 1. The molecule has 1 aromatic rings. The lowest BCUT2D eigenvalue weighted by molar-refractivity contribution is 0.0521. The summed E-state index contributed by atoms with van der Waals surface area (Å²) < 4.78 is 10.2.